The molecule has 0 bridgehead atoms. The molecular formula is C12H21N5O. The number of hydrogen-bond acceptors (Lipinski definition) is 4. The molecule has 0 spiro atoms. The average Bonchev–Trinajstić information content (AvgIpc) is 2.81. The van der Waals surface area contributed by atoms with Crippen LogP contribution in [-0.2, 0) is 0 Å². The number of carbonyl (C=O) groups excluding carboxylic acids is 1. The van der Waals surface area contributed by atoms with Crippen LogP contribution >= 0.6 is 0 Å². The molecule has 1 saturated carbocycles. The van der Waals surface area contributed by atoms with Crippen LogP contribution in [0, 0.1) is 11.3 Å². The van der Waals surface area contributed by atoms with Crippen LogP contribution in [0.3, 0.4) is 0 Å². The Kier molecular flexibility index (Phi) is 3.63. The van der Waals surface area contributed by atoms with Gasteiger partial charge in [-0.05, 0) is 29.4 Å². The number of nitrogens with zero attached hydrogens (tertiary/aromatic N) is 3. The Balaban J connectivity index is 2.04. The van der Waals surface area contributed by atoms with Gasteiger partial charge in [0.1, 0.15) is 0 Å². The maximum Gasteiger partial charge on any atom is 0.293 e. The Bertz CT molecular complexity index is 395. The third-order valence-corrected chi connectivity index (χ3v) is 3.74. The van der Waals surface area contributed by atoms with Gasteiger partial charge < -0.3 is 5.32 Å². The first-order chi connectivity index (χ1) is 8.48. The van der Waals surface area contributed by atoms with Crippen LogP contribution in [0.15, 0.2) is 0 Å². The summed E-state index contributed by atoms with van der Waals surface area (Å²) < 4.78 is 0. The topological polar surface area (TPSA) is 83.6 Å². The molecule has 0 aromatic carbocycles. The fraction of sp³-hybridized carbons (Fsp3) is 0.833. The standard InChI is InChI=1S/C12H21N5O/c1-12(2,3)8-6-4-5-7-9(8)13-11(18)10-14-16-17-15-10/h8-9H,4-7H2,1-3H3,(H,13,18)(H,14,15,16,17). The van der Waals surface area contributed by atoms with Crippen LogP contribution in [0.1, 0.15) is 57.1 Å². The summed E-state index contributed by atoms with van der Waals surface area (Å²) in [5.41, 5.74) is 0.204. The Labute approximate surface area is 107 Å². The molecule has 2 unspecified atom stereocenters. The van der Waals surface area contributed by atoms with Crippen LogP contribution in [0.5, 0.6) is 0 Å². The SMILES string of the molecule is CC(C)(C)C1CCCCC1NC(=O)c1nn[nH]n1. The zero-order valence-corrected chi connectivity index (χ0v) is 11.2. The number of hydrogen-bond donors (Lipinski definition) is 2. The van der Waals surface area contributed by atoms with E-state index in [4.69, 9.17) is 0 Å². The molecule has 1 aliphatic rings. The molecule has 1 heterocycles. The van der Waals surface area contributed by atoms with Gasteiger partial charge in [0.15, 0.2) is 0 Å². The van der Waals surface area contributed by atoms with Crippen LogP contribution in [0.2, 0.25) is 0 Å². The van der Waals surface area contributed by atoms with Gasteiger partial charge in [0.05, 0.1) is 0 Å². The van der Waals surface area contributed by atoms with E-state index in [0.717, 1.165) is 6.42 Å². The first-order valence-electron chi connectivity index (χ1n) is 6.53. The molecular weight excluding hydrogens is 230 g/mol. The van der Waals surface area contributed by atoms with E-state index >= 15 is 0 Å². The molecule has 18 heavy (non-hydrogen) atoms. The molecule has 2 N–H and O–H groups in total. The number of nitrogens with one attached hydrogen (secondary N) is 2. The number of amides is 1. The second-order valence-electron chi connectivity index (χ2n) is 6.07. The lowest BCUT2D eigenvalue weighted by molar-refractivity contribution is 0.0820. The van der Waals surface area contributed by atoms with Crippen molar-refractivity contribution >= 4 is 5.91 Å². The van der Waals surface area contributed by atoms with E-state index in [1.54, 1.807) is 0 Å². The Morgan fingerprint density at radius 3 is 2.67 bits per heavy atom. The monoisotopic (exact) mass is 251 g/mol. The fourth-order valence-corrected chi connectivity index (χ4v) is 2.83. The molecule has 2 atom stereocenters. The van der Waals surface area contributed by atoms with Crippen molar-refractivity contribution in [1.82, 2.24) is 25.9 Å². The first kappa shape index (κ1) is 13.0. The second kappa shape index (κ2) is 5.04. The van der Waals surface area contributed by atoms with Gasteiger partial charge in [0.2, 0.25) is 0 Å². The summed E-state index contributed by atoms with van der Waals surface area (Å²) in [6.07, 6.45) is 4.62. The van der Waals surface area contributed by atoms with Gasteiger partial charge in [-0.1, -0.05) is 33.6 Å². The maximum absolute atomic E-state index is 12.0. The van der Waals surface area contributed by atoms with Crippen molar-refractivity contribution in [3.63, 3.8) is 0 Å². The van der Waals surface area contributed by atoms with Crippen molar-refractivity contribution < 1.29 is 4.79 Å². The predicted octanol–water partition coefficient (Wildman–Crippen LogP) is 1.53. The van der Waals surface area contributed by atoms with Gasteiger partial charge in [-0.2, -0.15) is 5.21 Å². The second-order valence-corrected chi connectivity index (χ2v) is 6.07. The van der Waals surface area contributed by atoms with Crippen molar-refractivity contribution in [2.24, 2.45) is 11.3 Å². The molecule has 0 saturated heterocycles. The van der Waals surface area contributed by atoms with Gasteiger partial charge in [-0.25, -0.2) is 0 Å². The normalized spacial score (nSPS) is 24.8. The third kappa shape index (κ3) is 2.86. The summed E-state index contributed by atoms with van der Waals surface area (Å²) in [6, 6.07) is 0.213. The molecule has 2 rings (SSSR count). The smallest absolute Gasteiger partial charge is 0.293 e. The van der Waals surface area contributed by atoms with Crippen LogP contribution in [0.4, 0.5) is 0 Å². The van der Waals surface area contributed by atoms with E-state index in [1.807, 2.05) is 0 Å². The van der Waals surface area contributed by atoms with Gasteiger partial charge in [-0.3, -0.25) is 4.79 Å². The number of tetrazole rings is 1. The first-order valence-corrected chi connectivity index (χ1v) is 6.53. The van der Waals surface area contributed by atoms with Gasteiger partial charge in [0, 0.05) is 6.04 Å². The largest absolute Gasteiger partial charge is 0.346 e. The van der Waals surface area contributed by atoms with Crippen molar-refractivity contribution in [2.75, 3.05) is 0 Å². The highest BCUT2D eigenvalue weighted by molar-refractivity contribution is 5.90. The molecule has 1 aromatic heterocycles. The minimum Gasteiger partial charge on any atom is -0.346 e. The summed E-state index contributed by atoms with van der Waals surface area (Å²) in [6.45, 7) is 6.70. The van der Waals surface area contributed by atoms with Gasteiger partial charge in [0.25, 0.3) is 11.7 Å². The highest BCUT2D eigenvalue weighted by Crippen LogP contribution is 2.37. The van der Waals surface area contributed by atoms with E-state index in [0.29, 0.717) is 5.92 Å². The third-order valence-electron chi connectivity index (χ3n) is 3.74. The molecule has 1 amide bonds. The number of H-pyrrole nitrogens is 1. The van der Waals surface area contributed by atoms with Crippen LogP contribution < -0.4 is 5.32 Å². The van der Waals surface area contributed by atoms with Crippen LogP contribution in [0.25, 0.3) is 0 Å². The maximum atomic E-state index is 12.0. The highest BCUT2D eigenvalue weighted by atomic mass is 16.2. The van der Waals surface area contributed by atoms with E-state index < -0.39 is 0 Å². The van der Waals surface area contributed by atoms with Crippen molar-refractivity contribution in [3.05, 3.63) is 5.82 Å². The highest BCUT2D eigenvalue weighted by Gasteiger charge is 2.35. The average molecular weight is 251 g/mol. The lowest BCUT2D eigenvalue weighted by Crippen LogP contribution is -2.46. The molecule has 6 nitrogen and oxygen atoms in total. The van der Waals surface area contributed by atoms with E-state index in [-0.39, 0.29) is 23.2 Å². The molecule has 6 heteroatoms. The summed E-state index contributed by atoms with van der Waals surface area (Å²) in [4.78, 5) is 12.0. The van der Waals surface area contributed by atoms with Crippen molar-refractivity contribution in [2.45, 2.75) is 52.5 Å². The Morgan fingerprint density at radius 1 is 1.33 bits per heavy atom. The number of aromatic nitrogens is 4. The quantitative estimate of drug-likeness (QED) is 0.835. The summed E-state index contributed by atoms with van der Waals surface area (Å²) in [5.74, 6) is 0.389. The molecule has 1 aliphatic carbocycles. The Hall–Kier alpha value is -1.46. The summed E-state index contributed by atoms with van der Waals surface area (Å²) >= 11 is 0. The molecule has 1 fully saturated rings. The number of carbonyl (C=O) groups is 1. The number of aromatic amines is 1. The lowest BCUT2D eigenvalue weighted by Gasteiger charge is -2.40. The van der Waals surface area contributed by atoms with E-state index in [1.165, 1.54) is 19.3 Å². The predicted molar refractivity (Wildman–Crippen MR) is 66.8 cm³/mol. The summed E-state index contributed by atoms with van der Waals surface area (Å²) in [7, 11) is 0. The Morgan fingerprint density at radius 2 is 2.06 bits per heavy atom. The molecule has 0 aliphatic heterocycles. The number of rotatable bonds is 2. The van der Waals surface area contributed by atoms with Crippen molar-refractivity contribution in [3.8, 4) is 0 Å². The minimum atomic E-state index is -0.232. The fourth-order valence-electron chi connectivity index (χ4n) is 2.83. The minimum absolute atomic E-state index is 0.119. The van der Waals surface area contributed by atoms with Crippen molar-refractivity contribution in [1.29, 1.82) is 0 Å². The van der Waals surface area contributed by atoms with Gasteiger partial charge in [-0.15, -0.1) is 10.2 Å². The molecule has 0 radical (unpaired) electrons. The molecule has 100 valence electrons. The molecule has 1 aromatic rings. The zero-order valence-electron chi connectivity index (χ0n) is 11.2. The van der Waals surface area contributed by atoms with E-state index in [2.05, 4.69) is 46.7 Å². The van der Waals surface area contributed by atoms with Crippen LogP contribution in [-0.4, -0.2) is 32.6 Å². The van der Waals surface area contributed by atoms with E-state index in [9.17, 15) is 4.79 Å². The lowest BCUT2D eigenvalue weighted by atomic mass is 9.69. The summed E-state index contributed by atoms with van der Waals surface area (Å²) in [5, 5.41) is 16.2. The van der Waals surface area contributed by atoms with Gasteiger partial charge >= 0.3 is 0 Å². The zero-order chi connectivity index (χ0) is 13.2.